The molecule has 2 aromatic heterocycles. The molecule has 7 nitrogen and oxygen atoms in total. The number of nitrogens with zero attached hydrogens (tertiary/aromatic N) is 6. The monoisotopic (exact) mass is 241 g/mol. The number of aromatic nitrogens is 4. The number of hydrogen-bond acceptors (Lipinski definition) is 6. The minimum absolute atomic E-state index is 0.469. The third-order valence-corrected chi connectivity index (χ3v) is 2.96. The third kappa shape index (κ3) is 1.64. The number of nitrogens with two attached hydrogens (primary N) is 1. The van der Waals surface area contributed by atoms with Gasteiger partial charge in [0.25, 0.3) is 0 Å². The van der Waals surface area contributed by atoms with Gasteiger partial charge in [0, 0.05) is 19.3 Å². The zero-order valence-corrected chi connectivity index (χ0v) is 9.61. The molecule has 3 rings (SSSR count). The first-order valence-corrected chi connectivity index (χ1v) is 5.55. The van der Waals surface area contributed by atoms with Crippen molar-refractivity contribution in [2.75, 3.05) is 17.2 Å². The lowest BCUT2D eigenvalue weighted by Gasteiger charge is -2.28. The largest absolute Gasteiger partial charge is 0.396 e. The van der Waals surface area contributed by atoms with E-state index in [9.17, 15) is 0 Å². The van der Waals surface area contributed by atoms with Gasteiger partial charge in [0.15, 0.2) is 11.6 Å². The van der Waals surface area contributed by atoms with E-state index in [1.807, 2.05) is 15.5 Å². The van der Waals surface area contributed by atoms with E-state index in [1.165, 1.54) is 6.20 Å². The van der Waals surface area contributed by atoms with Gasteiger partial charge in [-0.25, -0.2) is 4.98 Å². The standard InChI is InChI=1S/C11H11N7/c12-4-8-3-9(13)11(14-5-8)17-1-2-18-7-15-16-10(18)6-17/h3,5,7H,1-2,6,13H2. The van der Waals surface area contributed by atoms with Crippen molar-refractivity contribution in [2.45, 2.75) is 13.1 Å². The van der Waals surface area contributed by atoms with Crippen LogP contribution in [0.5, 0.6) is 0 Å². The van der Waals surface area contributed by atoms with E-state index in [2.05, 4.69) is 15.2 Å². The summed E-state index contributed by atoms with van der Waals surface area (Å²) >= 11 is 0. The summed E-state index contributed by atoms with van der Waals surface area (Å²) in [7, 11) is 0. The van der Waals surface area contributed by atoms with Crippen LogP contribution >= 0.6 is 0 Å². The molecule has 1 aliphatic heterocycles. The van der Waals surface area contributed by atoms with Gasteiger partial charge in [-0.1, -0.05) is 0 Å². The third-order valence-electron chi connectivity index (χ3n) is 2.96. The summed E-state index contributed by atoms with van der Waals surface area (Å²) in [6, 6.07) is 3.66. The molecule has 0 spiro atoms. The molecule has 7 heteroatoms. The van der Waals surface area contributed by atoms with Crippen LogP contribution in [0.15, 0.2) is 18.6 Å². The molecule has 0 atom stereocenters. The maximum atomic E-state index is 8.78. The summed E-state index contributed by atoms with van der Waals surface area (Å²) in [5.74, 6) is 1.59. The van der Waals surface area contributed by atoms with Crippen molar-refractivity contribution in [3.63, 3.8) is 0 Å². The lowest BCUT2D eigenvalue weighted by Crippen LogP contribution is -2.34. The topological polar surface area (TPSA) is 96.6 Å². The van der Waals surface area contributed by atoms with Crippen LogP contribution in [-0.4, -0.2) is 26.3 Å². The molecule has 2 aromatic rings. The minimum Gasteiger partial charge on any atom is -0.396 e. The van der Waals surface area contributed by atoms with Gasteiger partial charge < -0.3 is 15.2 Å². The highest BCUT2D eigenvalue weighted by molar-refractivity contribution is 5.64. The number of rotatable bonds is 1. The predicted octanol–water partition coefficient (Wildman–Crippen LogP) is 0.147. The Labute approximate surface area is 103 Å². The van der Waals surface area contributed by atoms with Crippen LogP contribution in [0.2, 0.25) is 0 Å². The van der Waals surface area contributed by atoms with Crippen LogP contribution in [0.1, 0.15) is 11.4 Å². The van der Waals surface area contributed by atoms with Crippen molar-refractivity contribution in [2.24, 2.45) is 0 Å². The summed E-state index contributed by atoms with van der Waals surface area (Å²) in [5, 5.41) is 16.7. The molecule has 2 N–H and O–H groups in total. The Morgan fingerprint density at radius 2 is 2.28 bits per heavy atom. The van der Waals surface area contributed by atoms with E-state index in [0.29, 0.717) is 23.6 Å². The van der Waals surface area contributed by atoms with Gasteiger partial charge in [0.05, 0.1) is 17.8 Å². The SMILES string of the molecule is N#Cc1cnc(N2CCn3cnnc3C2)c(N)c1. The Morgan fingerprint density at radius 3 is 3.06 bits per heavy atom. The molecular formula is C11H11N7. The first-order valence-electron chi connectivity index (χ1n) is 5.55. The lowest BCUT2D eigenvalue weighted by molar-refractivity contribution is 0.556. The second kappa shape index (κ2) is 4.00. The molecule has 0 unspecified atom stereocenters. The molecule has 0 aliphatic carbocycles. The summed E-state index contributed by atoms with van der Waals surface area (Å²) in [5.41, 5.74) is 6.91. The van der Waals surface area contributed by atoms with Crippen molar-refractivity contribution in [3.05, 3.63) is 30.0 Å². The highest BCUT2D eigenvalue weighted by Gasteiger charge is 2.20. The molecule has 0 aromatic carbocycles. The van der Waals surface area contributed by atoms with Crippen LogP contribution in [-0.2, 0) is 13.1 Å². The van der Waals surface area contributed by atoms with Gasteiger partial charge >= 0.3 is 0 Å². The minimum atomic E-state index is 0.469. The highest BCUT2D eigenvalue weighted by Crippen LogP contribution is 2.24. The van der Waals surface area contributed by atoms with Gasteiger partial charge in [-0.15, -0.1) is 10.2 Å². The van der Waals surface area contributed by atoms with Crippen LogP contribution in [0.4, 0.5) is 11.5 Å². The van der Waals surface area contributed by atoms with E-state index >= 15 is 0 Å². The van der Waals surface area contributed by atoms with Crippen LogP contribution in [0, 0.1) is 11.3 Å². The number of pyridine rings is 1. The molecule has 0 fully saturated rings. The molecule has 90 valence electrons. The first kappa shape index (κ1) is 10.5. The molecule has 3 heterocycles. The zero-order valence-electron chi connectivity index (χ0n) is 9.61. The Hall–Kier alpha value is -2.62. The van der Waals surface area contributed by atoms with Crippen molar-refractivity contribution >= 4 is 11.5 Å². The Balaban J connectivity index is 1.91. The average Bonchev–Trinajstić information content (AvgIpc) is 2.85. The number of nitriles is 1. The maximum absolute atomic E-state index is 8.78. The van der Waals surface area contributed by atoms with E-state index in [-0.39, 0.29) is 0 Å². The lowest BCUT2D eigenvalue weighted by atomic mass is 10.2. The number of nitrogen functional groups attached to an aromatic ring is 1. The van der Waals surface area contributed by atoms with E-state index < -0.39 is 0 Å². The van der Waals surface area contributed by atoms with Gasteiger partial charge in [-0.3, -0.25) is 0 Å². The molecule has 0 saturated carbocycles. The summed E-state index contributed by atoms with van der Waals surface area (Å²) in [4.78, 5) is 6.29. The van der Waals surface area contributed by atoms with Crippen molar-refractivity contribution in [1.82, 2.24) is 19.7 Å². The van der Waals surface area contributed by atoms with E-state index in [0.717, 1.165) is 18.9 Å². The number of hydrogen-bond donors (Lipinski definition) is 1. The maximum Gasteiger partial charge on any atom is 0.152 e. The molecular weight excluding hydrogens is 230 g/mol. The Bertz CT molecular complexity index is 625. The number of anilines is 2. The van der Waals surface area contributed by atoms with Crippen LogP contribution in [0.25, 0.3) is 0 Å². The van der Waals surface area contributed by atoms with Gasteiger partial charge in [-0.05, 0) is 6.07 Å². The summed E-state index contributed by atoms with van der Waals surface area (Å²) in [6.45, 7) is 2.24. The van der Waals surface area contributed by atoms with Gasteiger partial charge in [0.2, 0.25) is 0 Å². The average molecular weight is 241 g/mol. The highest BCUT2D eigenvalue weighted by atomic mass is 15.3. The van der Waals surface area contributed by atoms with E-state index in [4.69, 9.17) is 11.0 Å². The normalized spacial score (nSPS) is 14.1. The zero-order chi connectivity index (χ0) is 12.5. The second-order valence-electron chi connectivity index (χ2n) is 4.11. The fourth-order valence-corrected chi connectivity index (χ4v) is 2.05. The van der Waals surface area contributed by atoms with Crippen LogP contribution in [0.3, 0.4) is 0 Å². The smallest absolute Gasteiger partial charge is 0.152 e. The molecule has 0 bridgehead atoms. The number of fused-ring (bicyclic) bond motifs is 1. The fourth-order valence-electron chi connectivity index (χ4n) is 2.05. The molecule has 0 amide bonds. The molecule has 0 radical (unpaired) electrons. The van der Waals surface area contributed by atoms with Gasteiger partial charge in [0.1, 0.15) is 12.4 Å². The predicted molar refractivity (Wildman–Crippen MR) is 64.4 cm³/mol. The summed E-state index contributed by atoms with van der Waals surface area (Å²) in [6.07, 6.45) is 3.26. The van der Waals surface area contributed by atoms with Crippen molar-refractivity contribution < 1.29 is 0 Å². The van der Waals surface area contributed by atoms with Crippen molar-refractivity contribution in [1.29, 1.82) is 5.26 Å². The summed E-state index contributed by atoms with van der Waals surface area (Å²) < 4.78 is 2.01. The quantitative estimate of drug-likeness (QED) is 0.763. The molecule has 0 saturated heterocycles. The van der Waals surface area contributed by atoms with Gasteiger partial charge in [-0.2, -0.15) is 5.26 Å². The Morgan fingerprint density at radius 1 is 1.39 bits per heavy atom. The second-order valence-corrected chi connectivity index (χ2v) is 4.11. The van der Waals surface area contributed by atoms with Crippen molar-refractivity contribution in [3.8, 4) is 6.07 Å². The van der Waals surface area contributed by atoms with E-state index in [1.54, 1.807) is 12.4 Å². The molecule has 18 heavy (non-hydrogen) atoms. The first-order chi connectivity index (χ1) is 8.78. The molecule has 1 aliphatic rings. The Kier molecular flexibility index (Phi) is 2.34. The van der Waals surface area contributed by atoms with Crippen LogP contribution < -0.4 is 10.6 Å². The fraction of sp³-hybridized carbons (Fsp3) is 0.273.